The molecule has 1 N–H and O–H groups in total. The molecule has 1 aliphatic carbocycles. The molecule has 0 radical (unpaired) electrons. The first-order chi connectivity index (χ1) is 18.0. The number of hydrogen-bond acceptors (Lipinski definition) is 2. The van der Waals surface area contributed by atoms with Gasteiger partial charge in [0.2, 0.25) is 11.8 Å². The maximum atomic E-state index is 13.8. The highest BCUT2D eigenvalue weighted by atomic mass is 79.9. The van der Waals surface area contributed by atoms with Gasteiger partial charge in [-0.05, 0) is 54.2 Å². The number of carbonyl (C=O) groups excluding carboxylic acids is 2. The highest BCUT2D eigenvalue weighted by molar-refractivity contribution is 9.10. The Bertz CT molecular complexity index is 1160. The molecule has 3 aromatic rings. The fourth-order valence-corrected chi connectivity index (χ4v) is 5.47. The van der Waals surface area contributed by atoms with Gasteiger partial charge in [-0.1, -0.05) is 107 Å². The molecule has 3 aromatic carbocycles. The maximum absolute atomic E-state index is 13.8. The molecule has 1 aliphatic rings. The van der Waals surface area contributed by atoms with Crippen LogP contribution < -0.4 is 5.32 Å². The average molecular weight is 582 g/mol. The molecule has 1 saturated carbocycles. The number of nitrogens with zero attached hydrogens (tertiary/aromatic N) is 1. The van der Waals surface area contributed by atoms with Gasteiger partial charge in [0.25, 0.3) is 0 Å². The van der Waals surface area contributed by atoms with E-state index in [9.17, 15) is 9.59 Å². The lowest BCUT2D eigenvalue weighted by Gasteiger charge is -2.33. The number of aryl methyl sites for hydroxylation is 1. The summed E-state index contributed by atoms with van der Waals surface area (Å²) in [7, 11) is 0. The van der Waals surface area contributed by atoms with E-state index < -0.39 is 6.04 Å². The number of benzene rings is 3. The number of hydrogen-bond donors (Lipinski definition) is 1. The van der Waals surface area contributed by atoms with Crippen LogP contribution in [-0.2, 0) is 29.0 Å². The van der Waals surface area contributed by atoms with Gasteiger partial charge in [0.1, 0.15) is 6.04 Å². The van der Waals surface area contributed by atoms with Crippen molar-refractivity contribution in [3.05, 3.63) is 105 Å². The molecule has 0 unspecified atom stereocenters. The summed E-state index contributed by atoms with van der Waals surface area (Å²) in [4.78, 5) is 29.4. The van der Waals surface area contributed by atoms with Crippen LogP contribution in [0.4, 0.5) is 0 Å². The Morgan fingerprint density at radius 3 is 2.27 bits per heavy atom. The quantitative estimate of drug-likeness (QED) is 0.277. The lowest BCUT2D eigenvalue weighted by molar-refractivity contribution is -0.141. The van der Waals surface area contributed by atoms with Crippen LogP contribution in [0.25, 0.3) is 0 Å². The van der Waals surface area contributed by atoms with E-state index in [1.54, 1.807) is 4.90 Å². The van der Waals surface area contributed by atoms with Crippen LogP contribution >= 0.6 is 27.5 Å². The van der Waals surface area contributed by atoms with Crippen LogP contribution in [0, 0.1) is 0 Å². The van der Waals surface area contributed by atoms with E-state index >= 15 is 0 Å². The summed E-state index contributed by atoms with van der Waals surface area (Å²) in [6.07, 6.45) is 6.75. The second-order valence-corrected chi connectivity index (χ2v) is 11.1. The van der Waals surface area contributed by atoms with Crippen molar-refractivity contribution in [2.75, 3.05) is 0 Å². The third kappa shape index (κ3) is 8.18. The molecule has 37 heavy (non-hydrogen) atoms. The van der Waals surface area contributed by atoms with Gasteiger partial charge in [0.05, 0.1) is 0 Å². The molecule has 0 aliphatic heterocycles. The van der Waals surface area contributed by atoms with E-state index in [2.05, 4.69) is 21.2 Å². The zero-order chi connectivity index (χ0) is 26.0. The van der Waals surface area contributed by atoms with E-state index in [1.165, 1.54) is 6.42 Å². The van der Waals surface area contributed by atoms with Gasteiger partial charge in [-0.3, -0.25) is 9.59 Å². The molecule has 2 amide bonds. The summed E-state index contributed by atoms with van der Waals surface area (Å²) >= 11 is 9.86. The number of amides is 2. The molecule has 0 spiro atoms. The zero-order valence-electron chi connectivity index (χ0n) is 21.0. The first-order valence-corrected chi connectivity index (χ1v) is 14.3. The van der Waals surface area contributed by atoms with E-state index in [1.807, 2.05) is 78.9 Å². The maximum Gasteiger partial charge on any atom is 0.243 e. The minimum Gasteiger partial charge on any atom is -0.352 e. The monoisotopic (exact) mass is 580 g/mol. The van der Waals surface area contributed by atoms with Crippen molar-refractivity contribution in [1.29, 1.82) is 0 Å². The summed E-state index contributed by atoms with van der Waals surface area (Å²) in [5.74, 6) is -0.124. The number of nitrogens with one attached hydrogen (secondary N) is 1. The first kappa shape index (κ1) is 27.4. The molecule has 4 rings (SSSR count). The van der Waals surface area contributed by atoms with Crippen LogP contribution in [0.1, 0.15) is 55.2 Å². The molecule has 1 atom stereocenters. The standard InChI is InChI=1S/C31H34BrClN2O2/c32-26-18-15-24(16-19-26)22-35(30(36)20-17-25-11-7-8-14-28(25)33)29(21-23-9-3-1-4-10-23)31(37)34-27-12-5-2-6-13-27/h1,3-4,7-11,14-16,18-19,27,29H,2,5-6,12-13,17,20-22H2,(H,34,37)/t29-/m1/s1. The smallest absolute Gasteiger partial charge is 0.243 e. The predicted molar refractivity (Wildman–Crippen MR) is 153 cm³/mol. The Morgan fingerprint density at radius 2 is 1.57 bits per heavy atom. The summed E-state index contributed by atoms with van der Waals surface area (Å²) < 4.78 is 0.976. The van der Waals surface area contributed by atoms with Gasteiger partial charge in [-0.15, -0.1) is 0 Å². The fourth-order valence-electron chi connectivity index (χ4n) is 4.97. The Labute approximate surface area is 233 Å². The zero-order valence-corrected chi connectivity index (χ0v) is 23.4. The molecule has 0 aromatic heterocycles. The van der Waals surface area contributed by atoms with Crippen LogP contribution in [0.5, 0.6) is 0 Å². The van der Waals surface area contributed by atoms with Crippen molar-refractivity contribution in [3.8, 4) is 0 Å². The van der Waals surface area contributed by atoms with Crippen molar-refractivity contribution in [2.24, 2.45) is 0 Å². The van der Waals surface area contributed by atoms with Crippen LogP contribution in [0.2, 0.25) is 5.02 Å². The molecule has 1 fully saturated rings. The molecule has 0 bridgehead atoms. The van der Waals surface area contributed by atoms with Crippen molar-refractivity contribution in [2.45, 2.75) is 70.0 Å². The third-order valence-electron chi connectivity index (χ3n) is 7.05. The summed E-state index contributed by atoms with van der Waals surface area (Å²) in [6.45, 7) is 0.365. The Morgan fingerprint density at radius 1 is 0.892 bits per heavy atom. The Kier molecular flexibility index (Phi) is 10.2. The summed E-state index contributed by atoms with van der Waals surface area (Å²) in [5.41, 5.74) is 2.95. The van der Waals surface area contributed by atoms with E-state index in [4.69, 9.17) is 11.6 Å². The first-order valence-electron chi connectivity index (χ1n) is 13.1. The molecule has 0 saturated heterocycles. The summed E-state index contributed by atoms with van der Waals surface area (Å²) in [6, 6.07) is 25.1. The second kappa shape index (κ2) is 13.8. The van der Waals surface area contributed by atoms with Gasteiger partial charge in [-0.25, -0.2) is 0 Å². The van der Waals surface area contributed by atoms with Crippen molar-refractivity contribution >= 4 is 39.3 Å². The van der Waals surface area contributed by atoms with Gasteiger partial charge >= 0.3 is 0 Å². The van der Waals surface area contributed by atoms with Gasteiger partial charge in [0.15, 0.2) is 0 Å². The molecule has 194 valence electrons. The number of rotatable bonds is 10. The fraction of sp³-hybridized carbons (Fsp3) is 0.355. The van der Waals surface area contributed by atoms with Gasteiger partial charge in [0, 0.05) is 34.9 Å². The third-order valence-corrected chi connectivity index (χ3v) is 7.95. The molecular formula is C31H34BrClN2O2. The molecular weight excluding hydrogens is 548 g/mol. The highest BCUT2D eigenvalue weighted by Crippen LogP contribution is 2.22. The van der Waals surface area contributed by atoms with Crippen LogP contribution in [0.15, 0.2) is 83.3 Å². The number of halogens is 2. The second-order valence-electron chi connectivity index (χ2n) is 9.79. The topological polar surface area (TPSA) is 49.4 Å². The van der Waals surface area contributed by atoms with E-state index in [0.717, 1.165) is 46.8 Å². The Balaban J connectivity index is 1.61. The van der Waals surface area contributed by atoms with Crippen LogP contribution in [-0.4, -0.2) is 28.8 Å². The van der Waals surface area contributed by atoms with Gasteiger partial charge < -0.3 is 10.2 Å². The van der Waals surface area contributed by atoms with E-state index in [-0.39, 0.29) is 24.3 Å². The van der Waals surface area contributed by atoms with Gasteiger partial charge in [-0.2, -0.15) is 0 Å². The minimum absolute atomic E-state index is 0.0532. The summed E-state index contributed by atoms with van der Waals surface area (Å²) in [5, 5.41) is 3.95. The number of carbonyl (C=O) groups is 2. The lowest BCUT2D eigenvalue weighted by Crippen LogP contribution is -2.52. The van der Waals surface area contributed by atoms with Crippen molar-refractivity contribution < 1.29 is 9.59 Å². The molecule has 4 nitrogen and oxygen atoms in total. The molecule has 6 heteroatoms. The Hall–Kier alpha value is -2.63. The molecule has 0 heterocycles. The van der Waals surface area contributed by atoms with Crippen molar-refractivity contribution in [1.82, 2.24) is 10.2 Å². The van der Waals surface area contributed by atoms with E-state index in [0.29, 0.717) is 24.4 Å². The highest BCUT2D eigenvalue weighted by Gasteiger charge is 2.31. The normalized spacial score (nSPS) is 14.6. The predicted octanol–water partition coefficient (Wildman–Crippen LogP) is 7.12. The lowest BCUT2D eigenvalue weighted by atomic mass is 9.94. The minimum atomic E-state index is -0.605. The van der Waals surface area contributed by atoms with Crippen molar-refractivity contribution in [3.63, 3.8) is 0 Å². The van der Waals surface area contributed by atoms with Crippen LogP contribution in [0.3, 0.4) is 0 Å². The SMILES string of the molecule is O=C(NC1CCCCC1)[C@@H](Cc1ccccc1)N(Cc1ccc(Br)cc1)C(=O)CCc1ccccc1Cl. The average Bonchev–Trinajstić information content (AvgIpc) is 2.92. The largest absolute Gasteiger partial charge is 0.352 e.